The van der Waals surface area contributed by atoms with Crippen LogP contribution in [0, 0.1) is 0 Å². The first-order chi connectivity index (χ1) is 4.45. The van der Waals surface area contributed by atoms with E-state index in [1.54, 1.807) is 0 Å². The molecular formula is C5H10NNaO4S. The summed E-state index contributed by atoms with van der Waals surface area (Å²) in [4.78, 5) is 20.7. The zero-order valence-electron chi connectivity index (χ0n) is 6.96. The van der Waals surface area contributed by atoms with Crippen LogP contribution in [-0.2, 0) is 9.59 Å². The van der Waals surface area contributed by atoms with E-state index < -0.39 is 17.3 Å². The molecule has 0 aromatic heterocycles. The second kappa shape index (κ2) is 6.88. The Kier molecular flexibility index (Phi) is 10.5. The second-order valence-electron chi connectivity index (χ2n) is 1.97. The molecule has 0 aromatic carbocycles. The van der Waals surface area contributed by atoms with Gasteiger partial charge in [-0.1, -0.05) is 0 Å². The average molecular weight is 203 g/mol. The Balaban J connectivity index is -0.000000405. The molecule has 0 saturated carbocycles. The Labute approximate surface area is 97.7 Å². The predicted molar refractivity (Wildman–Crippen MR) is 40.1 cm³/mol. The van der Waals surface area contributed by atoms with Crippen LogP contribution in [0.5, 0.6) is 0 Å². The van der Waals surface area contributed by atoms with Gasteiger partial charge in [0.15, 0.2) is 5.78 Å². The monoisotopic (exact) mass is 203 g/mol. The summed E-state index contributed by atoms with van der Waals surface area (Å²) in [7, 11) is 0. The van der Waals surface area contributed by atoms with E-state index in [9.17, 15) is 14.7 Å². The molecule has 0 aliphatic carbocycles. The minimum absolute atomic E-state index is 0. The molecule has 0 amide bonds. The zero-order valence-corrected chi connectivity index (χ0v) is 9.85. The third kappa shape index (κ3) is 3.88. The summed E-state index contributed by atoms with van der Waals surface area (Å²) in [6, 6.07) is 0. The molecule has 1 unspecified atom stereocenters. The van der Waals surface area contributed by atoms with Gasteiger partial charge in [-0.2, -0.15) is 12.6 Å². The molecule has 7 heteroatoms. The fourth-order valence-corrected chi connectivity index (χ4v) is 0.671. The number of Topliss-reactive ketones (excluding diaryl/α,β-unsaturated/α-hetero) is 1. The van der Waals surface area contributed by atoms with Gasteiger partial charge in [0.2, 0.25) is 0 Å². The molecule has 66 valence electrons. The fourth-order valence-electron chi connectivity index (χ4n) is 0.320. The molecule has 0 aliphatic heterocycles. The zero-order chi connectivity index (χ0) is 8.36. The van der Waals surface area contributed by atoms with Crippen LogP contribution in [0.4, 0.5) is 0 Å². The number of carbonyl (C=O) groups is 2. The van der Waals surface area contributed by atoms with Crippen LogP contribution in [0.15, 0.2) is 0 Å². The van der Waals surface area contributed by atoms with Gasteiger partial charge < -0.3 is 21.1 Å². The van der Waals surface area contributed by atoms with E-state index in [0.29, 0.717) is 0 Å². The standard InChI is InChI=1S/C5H9NO3S.Na.H2O/c1-3(7)5(6,2-10)4(8)9;;/h10H,2,6H2,1H3,(H,8,9);;1H2/q;+1;/p-1. The van der Waals surface area contributed by atoms with Gasteiger partial charge in [0.1, 0.15) is 5.54 Å². The summed E-state index contributed by atoms with van der Waals surface area (Å²) in [6.45, 7) is 1.09. The summed E-state index contributed by atoms with van der Waals surface area (Å²) in [5.41, 5.74) is 3.17. The Morgan fingerprint density at radius 2 is 1.92 bits per heavy atom. The molecule has 1 atom stereocenters. The molecule has 0 rings (SSSR count). The molecule has 5 nitrogen and oxygen atoms in total. The van der Waals surface area contributed by atoms with E-state index in [4.69, 9.17) is 5.73 Å². The van der Waals surface area contributed by atoms with E-state index in [-0.39, 0.29) is 40.8 Å². The van der Waals surface area contributed by atoms with Crippen molar-refractivity contribution in [1.82, 2.24) is 0 Å². The average Bonchev–Trinajstić information content (AvgIpc) is 1.85. The second-order valence-corrected chi connectivity index (χ2v) is 2.29. The van der Waals surface area contributed by atoms with Gasteiger partial charge >= 0.3 is 29.6 Å². The van der Waals surface area contributed by atoms with Crippen molar-refractivity contribution in [3.63, 3.8) is 0 Å². The van der Waals surface area contributed by atoms with Crippen molar-refractivity contribution in [2.75, 3.05) is 5.75 Å². The number of carboxylic acids is 1. The third-order valence-electron chi connectivity index (χ3n) is 1.24. The largest absolute Gasteiger partial charge is 1.00 e. The van der Waals surface area contributed by atoms with Gasteiger partial charge in [-0.25, -0.2) is 0 Å². The molecule has 0 saturated heterocycles. The number of aliphatic carboxylic acids is 1. The Hall–Kier alpha value is 0.410. The molecule has 12 heavy (non-hydrogen) atoms. The number of thiol groups is 1. The Morgan fingerprint density at radius 1 is 1.58 bits per heavy atom. The number of hydrogen-bond acceptors (Lipinski definition) is 5. The van der Waals surface area contributed by atoms with Gasteiger partial charge in [-0.15, -0.1) is 0 Å². The molecule has 0 fully saturated rings. The van der Waals surface area contributed by atoms with E-state index in [1.807, 2.05) is 0 Å². The van der Waals surface area contributed by atoms with Gasteiger partial charge in [0.25, 0.3) is 0 Å². The maximum atomic E-state index is 10.5. The van der Waals surface area contributed by atoms with Crippen LogP contribution in [0.3, 0.4) is 0 Å². The maximum Gasteiger partial charge on any atom is 1.00 e. The van der Waals surface area contributed by atoms with Gasteiger partial charge in [-0.3, -0.25) is 4.79 Å². The third-order valence-corrected chi connectivity index (χ3v) is 1.74. The molecule has 0 radical (unpaired) electrons. The van der Waals surface area contributed by atoms with Crippen LogP contribution in [0.1, 0.15) is 6.92 Å². The first-order valence-corrected chi connectivity index (χ1v) is 3.20. The fraction of sp³-hybridized carbons (Fsp3) is 0.600. The normalized spacial score (nSPS) is 13.2. The predicted octanol–water partition coefficient (Wildman–Crippen LogP) is -5.87. The van der Waals surface area contributed by atoms with Crippen molar-refractivity contribution < 1.29 is 49.7 Å². The molecular weight excluding hydrogens is 193 g/mol. The Morgan fingerprint density at radius 3 is 1.92 bits per heavy atom. The van der Waals surface area contributed by atoms with E-state index in [2.05, 4.69) is 12.6 Å². The minimum atomic E-state index is -1.93. The number of nitrogens with two attached hydrogens (primary N) is 1. The van der Waals surface area contributed by atoms with Crippen LogP contribution in [-0.4, -0.2) is 28.5 Å². The Bertz CT molecular complexity index is 161. The molecule has 0 bridgehead atoms. The summed E-state index contributed by atoms with van der Waals surface area (Å²) >= 11 is 3.61. The molecule has 0 aromatic rings. The number of ketones is 1. The quantitative estimate of drug-likeness (QED) is 0.270. The van der Waals surface area contributed by atoms with Crippen molar-refractivity contribution in [3.05, 3.63) is 0 Å². The molecule has 0 aliphatic rings. The van der Waals surface area contributed by atoms with Crippen LogP contribution < -0.4 is 40.4 Å². The summed E-state index contributed by atoms with van der Waals surface area (Å²) in [5, 5.41) is 10.2. The SMILES string of the molecule is CC(=O)C(N)(CS)C(=O)[O-].O.[Na+]. The van der Waals surface area contributed by atoms with Crippen LogP contribution in [0.25, 0.3) is 0 Å². The number of rotatable bonds is 3. The van der Waals surface area contributed by atoms with Crippen molar-refractivity contribution in [1.29, 1.82) is 0 Å². The molecule has 0 heterocycles. The summed E-state index contributed by atoms with van der Waals surface area (Å²) in [5.74, 6) is -2.48. The minimum Gasteiger partial charge on any atom is -0.548 e. The van der Waals surface area contributed by atoms with Gasteiger partial charge in [0.05, 0.1) is 5.97 Å². The number of hydrogen-bond donors (Lipinski definition) is 2. The van der Waals surface area contributed by atoms with E-state index >= 15 is 0 Å². The number of carbonyl (C=O) groups excluding carboxylic acids is 2. The maximum absolute atomic E-state index is 10.5. The summed E-state index contributed by atoms with van der Waals surface area (Å²) < 4.78 is 0. The van der Waals surface area contributed by atoms with Crippen molar-refractivity contribution >= 4 is 24.4 Å². The van der Waals surface area contributed by atoms with Crippen molar-refractivity contribution in [2.24, 2.45) is 5.73 Å². The van der Waals surface area contributed by atoms with E-state index in [0.717, 1.165) is 6.92 Å². The summed E-state index contributed by atoms with van der Waals surface area (Å²) in [6.07, 6.45) is 0. The van der Waals surface area contributed by atoms with Crippen molar-refractivity contribution in [2.45, 2.75) is 12.5 Å². The van der Waals surface area contributed by atoms with Gasteiger partial charge in [-0.05, 0) is 6.92 Å². The first kappa shape index (κ1) is 18.2. The van der Waals surface area contributed by atoms with Gasteiger partial charge in [0, 0.05) is 5.75 Å². The smallest absolute Gasteiger partial charge is 0.548 e. The number of carboxylic acid groups (broad SMARTS) is 1. The van der Waals surface area contributed by atoms with E-state index in [1.165, 1.54) is 0 Å². The molecule has 4 N–H and O–H groups in total. The van der Waals surface area contributed by atoms with Crippen molar-refractivity contribution in [3.8, 4) is 0 Å². The topological polar surface area (TPSA) is 115 Å². The molecule has 0 spiro atoms. The van der Waals surface area contributed by atoms with Crippen LogP contribution >= 0.6 is 12.6 Å². The van der Waals surface area contributed by atoms with Crippen LogP contribution in [0.2, 0.25) is 0 Å². The first-order valence-electron chi connectivity index (χ1n) is 2.57.